The first-order chi connectivity index (χ1) is 7.42. The Hall–Kier alpha value is -0.860. The monoisotopic (exact) mass is 205 g/mol. The first-order valence-corrected chi connectivity index (χ1v) is 5.73. The molecule has 15 heavy (non-hydrogen) atoms. The Kier molecular flexibility index (Phi) is 3.75. The van der Waals surface area contributed by atoms with Crippen LogP contribution in [0.1, 0.15) is 24.5 Å². The molecule has 0 bridgehead atoms. The fourth-order valence-corrected chi connectivity index (χ4v) is 2.33. The molecule has 2 heteroatoms. The summed E-state index contributed by atoms with van der Waals surface area (Å²) in [5.74, 6) is 0.617. The van der Waals surface area contributed by atoms with E-state index in [4.69, 9.17) is 4.74 Å². The maximum atomic E-state index is 5.89. The minimum atomic E-state index is 0.285. The Bertz CT molecular complexity index is 284. The average molecular weight is 205 g/mol. The first-order valence-electron chi connectivity index (χ1n) is 5.73. The fraction of sp³-hybridized carbons (Fsp3) is 0.538. The third-order valence-electron chi connectivity index (χ3n) is 3.04. The average Bonchev–Trinajstić information content (AvgIpc) is 2.31. The van der Waals surface area contributed by atoms with Crippen LogP contribution in [-0.4, -0.2) is 20.2 Å². The standard InChI is InChI=1S/C13H19NO/c1-14-10-12-8-5-9-15-13(12)11-6-3-2-4-7-11/h2-4,6-7,12-14H,5,8-10H2,1H3/t12-,13+/m1/s1. The van der Waals surface area contributed by atoms with E-state index in [9.17, 15) is 0 Å². The molecule has 0 radical (unpaired) electrons. The zero-order valence-corrected chi connectivity index (χ0v) is 9.28. The highest BCUT2D eigenvalue weighted by Gasteiger charge is 2.26. The van der Waals surface area contributed by atoms with Gasteiger partial charge in [-0.05, 0) is 25.5 Å². The molecule has 1 aromatic carbocycles. The van der Waals surface area contributed by atoms with E-state index in [0.29, 0.717) is 5.92 Å². The molecule has 0 saturated carbocycles. The Labute approximate surface area is 91.6 Å². The minimum Gasteiger partial charge on any atom is -0.373 e. The van der Waals surface area contributed by atoms with Gasteiger partial charge in [0.2, 0.25) is 0 Å². The largest absolute Gasteiger partial charge is 0.373 e. The van der Waals surface area contributed by atoms with Crippen LogP contribution >= 0.6 is 0 Å². The molecule has 1 saturated heterocycles. The van der Waals surface area contributed by atoms with Crippen LogP contribution in [0.25, 0.3) is 0 Å². The predicted molar refractivity (Wildman–Crippen MR) is 61.8 cm³/mol. The SMILES string of the molecule is CNC[C@H]1CCCO[C@H]1c1ccccc1. The molecule has 1 aliphatic heterocycles. The summed E-state index contributed by atoms with van der Waals surface area (Å²) in [6.07, 6.45) is 2.74. The smallest absolute Gasteiger partial charge is 0.0865 e. The van der Waals surface area contributed by atoms with E-state index < -0.39 is 0 Å². The van der Waals surface area contributed by atoms with E-state index in [2.05, 4.69) is 35.6 Å². The highest BCUT2D eigenvalue weighted by Crippen LogP contribution is 2.32. The number of hydrogen-bond donors (Lipinski definition) is 1. The predicted octanol–water partition coefficient (Wildman–Crippen LogP) is 2.37. The molecule has 1 N–H and O–H groups in total. The summed E-state index contributed by atoms with van der Waals surface area (Å²) in [7, 11) is 2.01. The summed E-state index contributed by atoms with van der Waals surface area (Å²) in [5, 5.41) is 3.26. The van der Waals surface area contributed by atoms with Gasteiger partial charge in [-0.15, -0.1) is 0 Å². The molecule has 0 aliphatic carbocycles. The fourth-order valence-electron chi connectivity index (χ4n) is 2.33. The van der Waals surface area contributed by atoms with Crippen molar-refractivity contribution in [2.75, 3.05) is 20.2 Å². The van der Waals surface area contributed by atoms with Crippen LogP contribution in [0.5, 0.6) is 0 Å². The normalized spacial score (nSPS) is 26.5. The third kappa shape index (κ3) is 2.58. The van der Waals surface area contributed by atoms with Crippen LogP contribution in [0.15, 0.2) is 30.3 Å². The molecule has 0 spiro atoms. The lowest BCUT2D eigenvalue weighted by atomic mass is 9.89. The van der Waals surface area contributed by atoms with Gasteiger partial charge in [0.25, 0.3) is 0 Å². The molecule has 1 fully saturated rings. The highest BCUT2D eigenvalue weighted by atomic mass is 16.5. The molecule has 0 amide bonds. The molecule has 2 rings (SSSR count). The first kappa shape index (κ1) is 10.7. The van der Waals surface area contributed by atoms with Crippen molar-refractivity contribution in [1.82, 2.24) is 5.32 Å². The van der Waals surface area contributed by atoms with E-state index in [1.807, 2.05) is 7.05 Å². The van der Waals surface area contributed by atoms with Gasteiger partial charge in [0.15, 0.2) is 0 Å². The molecule has 0 aromatic heterocycles. The van der Waals surface area contributed by atoms with E-state index in [0.717, 1.165) is 13.2 Å². The molecule has 1 aromatic rings. The van der Waals surface area contributed by atoms with Crippen LogP contribution in [-0.2, 0) is 4.74 Å². The summed E-state index contributed by atoms with van der Waals surface area (Å²) < 4.78 is 5.89. The highest BCUT2D eigenvalue weighted by molar-refractivity contribution is 5.18. The van der Waals surface area contributed by atoms with E-state index in [1.54, 1.807) is 0 Å². The Morgan fingerprint density at radius 3 is 2.87 bits per heavy atom. The summed E-state index contributed by atoms with van der Waals surface area (Å²) in [6.45, 7) is 1.94. The minimum absolute atomic E-state index is 0.285. The zero-order chi connectivity index (χ0) is 10.5. The van der Waals surface area contributed by atoms with Crippen LogP contribution < -0.4 is 5.32 Å². The second kappa shape index (κ2) is 5.29. The van der Waals surface area contributed by atoms with Crippen LogP contribution in [0.3, 0.4) is 0 Å². The molecular formula is C13H19NO. The van der Waals surface area contributed by atoms with Gasteiger partial charge in [0, 0.05) is 19.1 Å². The Morgan fingerprint density at radius 2 is 2.13 bits per heavy atom. The lowest BCUT2D eigenvalue weighted by Crippen LogP contribution is -2.30. The third-order valence-corrected chi connectivity index (χ3v) is 3.04. The molecule has 1 heterocycles. The molecule has 82 valence electrons. The van der Waals surface area contributed by atoms with Crippen molar-refractivity contribution in [3.05, 3.63) is 35.9 Å². The number of benzene rings is 1. The van der Waals surface area contributed by atoms with Crippen LogP contribution in [0.2, 0.25) is 0 Å². The number of ether oxygens (including phenoxy) is 1. The van der Waals surface area contributed by atoms with Crippen molar-refractivity contribution in [2.24, 2.45) is 5.92 Å². The van der Waals surface area contributed by atoms with Gasteiger partial charge in [0.05, 0.1) is 6.10 Å². The van der Waals surface area contributed by atoms with Gasteiger partial charge in [-0.25, -0.2) is 0 Å². The lowest BCUT2D eigenvalue weighted by Gasteiger charge is -2.32. The number of rotatable bonds is 3. The molecule has 0 unspecified atom stereocenters. The number of nitrogens with one attached hydrogen (secondary N) is 1. The van der Waals surface area contributed by atoms with Crippen molar-refractivity contribution in [2.45, 2.75) is 18.9 Å². The van der Waals surface area contributed by atoms with Crippen LogP contribution in [0, 0.1) is 5.92 Å². The van der Waals surface area contributed by atoms with Gasteiger partial charge in [-0.2, -0.15) is 0 Å². The van der Waals surface area contributed by atoms with Gasteiger partial charge in [-0.3, -0.25) is 0 Å². The molecule has 2 atom stereocenters. The molecule has 1 aliphatic rings. The summed E-state index contributed by atoms with van der Waals surface area (Å²) >= 11 is 0. The zero-order valence-electron chi connectivity index (χ0n) is 9.28. The lowest BCUT2D eigenvalue weighted by molar-refractivity contribution is -0.0272. The van der Waals surface area contributed by atoms with Crippen molar-refractivity contribution in [1.29, 1.82) is 0 Å². The quantitative estimate of drug-likeness (QED) is 0.818. The maximum Gasteiger partial charge on any atom is 0.0865 e. The van der Waals surface area contributed by atoms with Crippen molar-refractivity contribution < 1.29 is 4.74 Å². The summed E-state index contributed by atoms with van der Waals surface area (Å²) in [5.41, 5.74) is 1.32. The second-order valence-electron chi connectivity index (χ2n) is 4.16. The van der Waals surface area contributed by atoms with Gasteiger partial charge in [0.1, 0.15) is 0 Å². The van der Waals surface area contributed by atoms with E-state index >= 15 is 0 Å². The van der Waals surface area contributed by atoms with Gasteiger partial charge in [-0.1, -0.05) is 30.3 Å². The van der Waals surface area contributed by atoms with E-state index in [-0.39, 0.29) is 6.10 Å². The van der Waals surface area contributed by atoms with E-state index in [1.165, 1.54) is 18.4 Å². The second-order valence-corrected chi connectivity index (χ2v) is 4.16. The molecule has 2 nitrogen and oxygen atoms in total. The summed E-state index contributed by atoms with van der Waals surface area (Å²) in [4.78, 5) is 0. The Morgan fingerprint density at radius 1 is 1.33 bits per heavy atom. The van der Waals surface area contributed by atoms with Gasteiger partial charge < -0.3 is 10.1 Å². The van der Waals surface area contributed by atoms with Crippen LogP contribution in [0.4, 0.5) is 0 Å². The maximum absolute atomic E-state index is 5.89. The summed E-state index contributed by atoms with van der Waals surface area (Å²) in [6, 6.07) is 10.6. The van der Waals surface area contributed by atoms with Crippen molar-refractivity contribution in [3.63, 3.8) is 0 Å². The van der Waals surface area contributed by atoms with Crippen molar-refractivity contribution >= 4 is 0 Å². The molecular weight excluding hydrogens is 186 g/mol. The topological polar surface area (TPSA) is 21.3 Å². The van der Waals surface area contributed by atoms with Gasteiger partial charge >= 0.3 is 0 Å². The number of hydrogen-bond acceptors (Lipinski definition) is 2. The van der Waals surface area contributed by atoms with Crippen molar-refractivity contribution in [3.8, 4) is 0 Å². The Balaban J connectivity index is 2.11.